The minimum atomic E-state index is -3.57. The number of carbonyl (C=O) groups excluding carboxylic acids is 1. The van der Waals surface area contributed by atoms with Crippen molar-refractivity contribution < 1.29 is 17.9 Å². The number of hydrogen-bond acceptors (Lipinski definition) is 4. The molecule has 0 saturated carbocycles. The Balaban J connectivity index is 2.21. The Labute approximate surface area is 170 Å². The average molecular weight is 410 g/mol. The smallest absolute Gasteiger partial charge is 0.306 e. The zero-order chi connectivity index (χ0) is 21.3. The third-order valence-electron chi connectivity index (χ3n) is 5.16. The van der Waals surface area contributed by atoms with E-state index in [-0.39, 0.29) is 23.3 Å². The van der Waals surface area contributed by atoms with Crippen LogP contribution >= 0.6 is 0 Å². The van der Waals surface area contributed by atoms with Crippen molar-refractivity contribution in [2.45, 2.75) is 84.3 Å². The Morgan fingerprint density at radius 2 is 1.68 bits per heavy atom. The number of nitrogens with zero attached hydrogens (tertiary/aromatic N) is 1. The standard InChI is InChI=1S/C22H35NO4S/c1-16-8-10-18(11-9-16)28(25,26)23-13-12-17(14-19(23)21(2,3)4)15-20(24)27-22(5,6)7/h8-11,17,19H,12-15H2,1-7H3/t17-,19-/m1/s1. The predicted molar refractivity (Wildman–Crippen MR) is 111 cm³/mol. The van der Waals surface area contributed by atoms with E-state index in [1.165, 1.54) is 0 Å². The molecule has 158 valence electrons. The van der Waals surface area contributed by atoms with E-state index in [4.69, 9.17) is 4.74 Å². The number of esters is 1. The van der Waals surface area contributed by atoms with Crippen molar-refractivity contribution in [2.75, 3.05) is 6.54 Å². The number of ether oxygens (including phenoxy) is 1. The second-order valence-electron chi connectivity index (χ2n) is 9.99. The van der Waals surface area contributed by atoms with Crippen LogP contribution in [0.25, 0.3) is 0 Å². The average Bonchev–Trinajstić information content (AvgIpc) is 2.52. The number of benzene rings is 1. The fraction of sp³-hybridized carbons (Fsp3) is 0.682. The molecule has 0 N–H and O–H groups in total. The lowest BCUT2D eigenvalue weighted by Crippen LogP contribution is -2.52. The van der Waals surface area contributed by atoms with Gasteiger partial charge in [-0.05, 0) is 64.0 Å². The zero-order valence-corrected chi connectivity index (χ0v) is 19.1. The van der Waals surface area contributed by atoms with Crippen LogP contribution in [-0.2, 0) is 19.6 Å². The molecular formula is C22H35NO4S. The minimum absolute atomic E-state index is 0.128. The van der Waals surface area contributed by atoms with E-state index in [1.54, 1.807) is 16.4 Å². The van der Waals surface area contributed by atoms with Gasteiger partial charge in [-0.3, -0.25) is 4.79 Å². The molecule has 1 aliphatic rings. The van der Waals surface area contributed by atoms with E-state index in [2.05, 4.69) is 20.8 Å². The summed E-state index contributed by atoms with van der Waals surface area (Å²) < 4.78 is 33.7. The number of piperidine rings is 1. The molecule has 2 atom stereocenters. The number of hydrogen-bond donors (Lipinski definition) is 0. The highest BCUT2D eigenvalue weighted by atomic mass is 32.2. The van der Waals surface area contributed by atoms with Gasteiger partial charge in [-0.15, -0.1) is 0 Å². The molecule has 0 unspecified atom stereocenters. The van der Waals surface area contributed by atoms with Gasteiger partial charge < -0.3 is 4.74 Å². The molecule has 0 spiro atoms. The first-order valence-electron chi connectivity index (χ1n) is 10.0. The first kappa shape index (κ1) is 22.9. The molecular weight excluding hydrogens is 374 g/mol. The maximum Gasteiger partial charge on any atom is 0.306 e. The maximum absolute atomic E-state index is 13.3. The normalized spacial score (nSPS) is 22.1. The van der Waals surface area contributed by atoms with Crippen LogP contribution in [0, 0.1) is 18.3 Å². The van der Waals surface area contributed by atoms with Crippen LogP contribution in [0.2, 0.25) is 0 Å². The van der Waals surface area contributed by atoms with E-state index >= 15 is 0 Å². The summed E-state index contributed by atoms with van der Waals surface area (Å²) in [6.45, 7) is 14.1. The van der Waals surface area contributed by atoms with E-state index in [0.717, 1.165) is 5.56 Å². The van der Waals surface area contributed by atoms with Crippen LogP contribution in [0.5, 0.6) is 0 Å². The molecule has 1 aromatic rings. The topological polar surface area (TPSA) is 63.7 Å². The van der Waals surface area contributed by atoms with Crippen molar-refractivity contribution in [3.63, 3.8) is 0 Å². The molecule has 0 amide bonds. The Bertz CT molecular complexity index is 785. The van der Waals surface area contributed by atoms with Gasteiger partial charge >= 0.3 is 5.97 Å². The van der Waals surface area contributed by atoms with Gasteiger partial charge in [0.2, 0.25) is 10.0 Å². The molecule has 2 rings (SSSR count). The van der Waals surface area contributed by atoms with Gasteiger partial charge in [0.1, 0.15) is 5.60 Å². The van der Waals surface area contributed by atoms with Gasteiger partial charge in [0.05, 0.1) is 4.90 Å². The minimum Gasteiger partial charge on any atom is -0.460 e. The molecule has 1 fully saturated rings. The molecule has 0 aromatic heterocycles. The maximum atomic E-state index is 13.3. The molecule has 1 aliphatic heterocycles. The summed E-state index contributed by atoms with van der Waals surface area (Å²) in [6.07, 6.45) is 1.66. The molecule has 1 aromatic carbocycles. The molecule has 5 nitrogen and oxygen atoms in total. The first-order chi connectivity index (χ1) is 12.7. The van der Waals surface area contributed by atoms with Gasteiger partial charge in [0, 0.05) is 19.0 Å². The SMILES string of the molecule is Cc1ccc(S(=O)(=O)N2CC[C@@H](CC(=O)OC(C)(C)C)C[C@@H]2C(C)(C)C)cc1. The lowest BCUT2D eigenvalue weighted by molar-refractivity contribution is -0.156. The van der Waals surface area contributed by atoms with E-state index in [1.807, 2.05) is 39.8 Å². The van der Waals surface area contributed by atoms with E-state index < -0.39 is 15.6 Å². The van der Waals surface area contributed by atoms with Crippen molar-refractivity contribution >= 4 is 16.0 Å². The number of rotatable bonds is 4. The second kappa shape index (κ2) is 8.15. The largest absolute Gasteiger partial charge is 0.460 e. The van der Waals surface area contributed by atoms with E-state index in [0.29, 0.717) is 30.7 Å². The van der Waals surface area contributed by atoms with Crippen molar-refractivity contribution in [3.8, 4) is 0 Å². The van der Waals surface area contributed by atoms with Crippen LogP contribution < -0.4 is 0 Å². The third-order valence-corrected chi connectivity index (χ3v) is 7.09. The Kier molecular flexibility index (Phi) is 6.66. The molecule has 6 heteroatoms. The van der Waals surface area contributed by atoms with Crippen molar-refractivity contribution in [1.82, 2.24) is 4.31 Å². The Morgan fingerprint density at radius 3 is 2.18 bits per heavy atom. The molecule has 0 radical (unpaired) electrons. The van der Waals surface area contributed by atoms with Crippen LogP contribution in [0.4, 0.5) is 0 Å². The van der Waals surface area contributed by atoms with Crippen LogP contribution in [0.15, 0.2) is 29.2 Å². The molecule has 28 heavy (non-hydrogen) atoms. The zero-order valence-electron chi connectivity index (χ0n) is 18.3. The lowest BCUT2D eigenvalue weighted by atomic mass is 9.77. The van der Waals surface area contributed by atoms with Gasteiger partial charge in [-0.25, -0.2) is 8.42 Å². The molecule has 0 aliphatic carbocycles. The fourth-order valence-electron chi connectivity index (χ4n) is 3.74. The summed E-state index contributed by atoms with van der Waals surface area (Å²) in [5.74, 6) is -0.0801. The quantitative estimate of drug-likeness (QED) is 0.685. The first-order valence-corrected chi connectivity index (χ1v) is 11.4. The molecule has 1 saturated heterocycles. The van der Waals surface area contributed by atoms with Crippen molar-refractivity contribution in [1.29, 1.82) is 0 Å². The summed E-state index contributed by atoms with van der Waals surface area (Å²) in [5.41, 5.74) is 0.294. The summed E-state index contributed by atoms with van der Waals surface area (Å²) in [5, 5.41) is 0. The molecule has 0 bridgehead atoms. The summed E-state index contributed by atoms with van der Waals surface area (Å²) >= 11 is 0. The van der Waals surface area contributed by atoms with E-state index in [9.17, 15) is 13.2 Å². The highest BCUT2D eigenvalue weighted by molar-refractivity contribution is 7.89. The number of sulfonamides is 1. The highest BCUT2D eigenvalue weighted by Gasteiger charge is 2.43. The predicted octanol–water partition coefficient (Wildman–Crippen LogP) is 4.54. The van der Waals surface area contributed by atoms with Crippen LogP contribution in [0.1, 0.15) is 66.4 Å². The van der Waals surface area contributed by atoms with Crippen molar-refractivity contribution in [2.24, 2.45) is 11.3 Å². The van der Waals surface area contributed by atoms with Gasteiger partial charge in [-0.2, -0.15) is 4.31 Å². The van der Waals surface area contributed by atoms with Gasteiger partial charge in [-0.1, -0.05) is 38.5 Å². The van der Waals surface area contributed by atoms with Crippen molar-refractivity contribution in [3.05, 3.63) is 29.8 Å². The molecule has 1 heterocycles. The summed E-state index contributed by atoms with van der Waals surface area (Å²) in [7, 11) is -3.57. The van der Waals surface area contributed by atoms with Gasteiger partial charge in [0.15, 0.2) is 0 Å². The van der Waals surface area contributed by atoms with Crippen LogP contribution in [-0.4, -0.2) is 36.9 Å². The monoisotopic (exact) mass is 409 g/mol. The highest BCUT2D eigenvalue weighted by Crippen LogP contribution is 2.39. The number of aryl methyl sites for hydroxylation is 1. The lowest BCUT2D eigenvalue weighted by Gasteiger charge is -2.45. The fourth-order valence-corrected chi connectivity index (χ4v) is 5.57. The summed E-state index contributed by atoms with van der Waals surface area (Å²) in [4.78, 5) is 12.6. The number of carbonyl (C=O) groups is 1. The summed E-state index contributed by atoms with van der Waals surface area (Å²) in [6, 6.07) is 6.84. The van der Waals surface area contributed by atoms with Gasteiger partial charge in [0.25, 0.3) is 0 Å². The Morgan fingerprint density at radius 1 is 1.11 bits per heavy atom. The van der Waals surface area contributed by atoms with Crippen LogP contribution in [0.3, 0.4) is 0 Å². The Hall–Kier alpha value is -1.40. The second-order valence-corrected chi connectivity index (χ2v) is 11.9. The third kappa shape index (κ3) is 5.80.